The summed E-state index contributed by atoms with van der Waals surface area (Å²) >= 11 is 0. The summed E-state index contributed by atoms with van der Waals surface area (Å²) in [5, 5.41) is 0. The smallest absolute Gasteiger partial charge is 0.303 e. The van der Waals surface area contributed by atoms with E-state index in [2.05, 4.69) is 11.4 Å². The Labute approximate surface area is 154 Å². The van der Waals surface area contributed by atoms with Crippen LogP contribution in [0.4, 0.5) is 0 Å². The van der Waals surface area contributed by atoms with Crippen LogP contribution in [0, 0.1) is 0 Å². The SMILES string of the molecule is CCCCCCCCCCCCOP(=O)(O)O.[K]. The van der Waals surface area contributed by atoms with Crippen molar-refractivity contribution in [1.29, 1.82) is 0 Å². The first-order valence-corrected chi connectivity index (χ1v) is 8.29. The molecule has 0 aromatic rings. The van der Waals surface area contributed by atoms with Crippen molar-refractivity contribution in [3.63, 3.8) is 0 Å². The Balaban J connectivity index is 0. The second-order valence-corrected chi connectivity index (χ2v) is 5.75. The molecule has 0 aliphatic rings. The summed E-state index contributed by atoms with van der Waals surface area (Å²) in [5.74, 6) is 0. The molecule has 1 radical (unpaired) electrons. The molecular formula is C12H27KO4P. The van der Waals surface area contributed by atoms with Gasteiger partial charge in [-0.2, -0.15) is 0 Å². The van der Waals surface area contributed by atoms with E-state index in [1.165, 1.54) is 44.9 Å². The summed E-state index contributed by atoms with van der Waals surface area (Å²) in [6.45, 7) is 2.39. The summed E-state index contributed by atoms with van der Waals surface area (Å²) in [6, 6.07) is 0. The second-order valence-electron chi connectivity index (χ2n) is 4.51. The maximum absolute atomic E-state index is 10.4. The van der Waals surface area contributed by atoms with Crippen LogP contribution in [-0.2, 0) is 9.09 Å². The molecule has 6 heteroatoms. The van der Waals surface area contributed by atoms with Gasteiger partial charge in [-0.3, -0.25) is 4.52 Å². The van der Waals surface area contributed by atoms with Gasteiger partial charge >= 0.3 is 7.82 Å². The summed E-state index contributed by atoms with van der Waals surface area (Å²) in [5.41, 5.74) is 0. The van der Waals surface area contributed by atoms with Crippen molar-refractivity contribution in [2.45, 2.75) is 71.1 Å². The van der Waals surface area contributed by atoms with Gasteiger partial charge in [0, 0.05) is 51.4 Å². The number of hydrogen-bond donors (Lipinski definition) is 2. The summed E-state index contributed by atoms with van der Waals surface area (Å²) in [7, 11) is -4.24. The zero-order valence-corrected chi connectivity index (χ0v) is 16.0. The van der Waals surface area contributed by atoms with Crippen LogP contribution < -0.4 is 0 Å². The molecule has 0 heterocycles. The van der Waals surface area contributed by atoms with Gasteiger partial charge in [-0.05, 0) is 6.42 Å². The molecule has 0 unspecified atom stereocenters. The number of phosphoric ester groups is 1. The molecule has 0 spiro atoms. The zero-order valence-electron chi connectivity index (χ0n) is 11.9. The molecule has 0 bridgehead atoms. The molecular weight excluding hydrogens is 278 g/mol. The van der Waals surface area contributed by atoms with Crippen molar-refractivity contribution in [3.05, 3.63) is 0 Å². The molecule has 18 heavy (non-hydrogen) atoms. The fourth-order valence-corrected chi connectivity index (χ4v) is 2.14. The Morgan fingerprint density at radius 3 is 1.61 bits per heavy atom. The van der Waals surface area contributed by atoms with Gasteiger partial charge in [0.05, 0.1) is 6.61 Å². The van der Waals surface area contributed by atoms with Gasteiger partial charge in [0.1, 0.15) is 0 Å². The van der Waals surface area contributed by atoms with Crippen molar-refractivity contribution in [2.24, 2.45) is 0 Å². The molecule has 0 atom stereocenters. The van der Waals surface area contributed by atoms with Gasteiger partial charge in [-0.15, -0.1) is 0 Å². The fourth-order valence-electron chi connectivity index (χ4n) is 1.77. The third-order valence-corrected chi connectivity index (χ3v) is 3.28. The molecule has 2 N–H and O–H groups in total. The van der Waals surface area contributed by atoms with Crippen LogP contribution in [-0.4, -0.2) is 67.8 Å². The Morgan fingerprint density at radius 2 is 1.22 bits per heavy atom. The van der Waals surface area contributed by atoms with Crippen LogP contribution >= 0.6 is 7.82 Å². The minimum absolute atomic E-state index is 0. The van der Waals surface area contributed by atoms with Gasteiger partial charge < -0.3 is 9.79 Å². The van der Waals surface area contributed by atoms with Crippen molar-refractivity contribution >= 4 is 59.2 Å². The van der Waals surface area contributed by atoms with E-state index in [1.807, 2.05) is 0 Å². The Bertz CT molecular complexity index is 208. The Hall–Kier alpha value is 1.75. The molecule has 0 aliphatic carbocycles. The van der Waals surface area contributed by atoms with Crippen LogP contribution in [0.2, 0.25) is 0 Å². The second kappa shape index (κ2) is 15.1. The maximum atomic E-state index is 10.4. The van der Waals surface area contributed by atoms with E-state index in [0.29, 0.717) is 0 Å². The Morgan fingerprint density at radius 1 is 0.833 bits per heavy atom. The number of hydrogen-bond acceptors (Lipinski definition) is 2. The normalized spacial score (nSPS) is 11.3. The predicted molar refractivity (Wildman–Crippen MR) is 75.6 cm³/mol. The van der Waals surface area contributed by atoms with E-state index in [4.69, 9.17) is 9.79 Å². The largest absolute Gasteiger partial charge is 0.469 e. The molecule has 4 nitrogen and oxygen atoms in total. The topological polar surface area (TPSA) is 66.8 Å². The van der Waals surface area contributed by atoms with E-state index in [9.17, 15) is 4.57 Å². The monoisotopic (exact) mass is 305 g/mol. The fraction of sp³-hybridized carbons (Fsp3) is 1.00. The first-order chi connectivity index (χ1) is 8.06. The van der Waals surface area contributed by atoms with Gasteiger partial charge in [0.2, 0.25) is 0 Å². The molecule has 0 rings (SSSR count). The first-order valence-electron chi connectivity index (χ1n) is 6.76. The summed E-state index contributed by atoms with van der Waals surface area (Å²) in [6.07, 6.45) is 12.0. The van der Waals surface area contributed by atoms with Gasteiger partial charge in [-0.1, -0.05) is 64.7 Å². The maximum Gasteiger partial charge on any atom is 0.469 e. The number of rotatable bonds is 12. The van der Waals surface area contributed by atoms with Gasteiger partial charge in [-0.25, -0.2) is 4.57 Å². The summed E-state index contributed by atoms with van der Waals surface area (Å²) < 4.78 is 14.7. The first kappa shape index (κ1) is 22.0. The van der Waals surface area contributed by atoms with Crippen LogP contribution in [0.25, 0.3) is 0 Å². The number of unbranched alkanes of at least 4 members (excludes halogenated alkanes) is 9. The van der Waals surface area contributed by atoms with Crippen LogP contribution in [0.15, 0.2) is 0 Å². The van der Waals surface area contributed by atoms with Crippen molar-refractivity contribution in [2.75, 3.05) is 6.61 Å². The average molecular weight is 305 g/mol. The van der Waals surface area contributed by atoms with Crippen molar-refractivity contribution in [1.82, 2.24) is 0 Å². The predicted octanol–water partition coefficient (Wildman–Crippen LogP) is 3.64. The van der Waals surface area contributed by atoms with Crippen LogP contribution in [0.3, 0.4) is 0 Å². The molecule has 0 amide bonds. The average Bonchev–Trinajstić information content (AvgIpc) is 2.24. The molecule has 105 valence electrons. The molecule has 0 aliphatic heterocycles. The molecule has 0 saturated carbocycles. The Kier molecular flexibility index (Phi) is 18.5. The van der Waals surface area contributed by atoms with Gasteiger partial charge in [0.25, 0.3) is 0 Å². The number of phosphoric acid groups is 1. The minimum Gasteiger partial charge on any atom is -0.303 e. The van der Waals surface area contributed by atoms with E-state index < -0.39 is 7.82 Å². The van der Waals surface area contributed by atoms with Crippen LogP contribution in [0.1, 0.15) is 71.1 Å². The zero-order chi connectivity index (χ0) is 13.0. The van der Waals surface area contributed by atoms with Crippen molar-refractivity contribution in [3.8, 4) is 0 Å². The van der Waals surface area contributed by atoms with E-state index >= 15 is 0 Å². The van der Waals surface area contributed by atoms with Crippen LogP contribution in [0.5, 0.6) is 0 Å². The van der Waals surface area contributed by atoms with E-state index in [1.54, 1.807) is 0 Å². The summed E-state index contributed by atoms with van der Waals surface area (Å²) in [4.78, 5) is 16.9. The third kappa shape index (κ3) is 20.1. The third-order valence-electron chi connectivity index (χ3n) is 2.76. The molecule has 0 fully saturated rings. The standard InChI is InChI=1S/C12H27O4P.K/c1-2-3-4-5-6-7-8-9-10-11-12-16-17(13,14)15;/h2-12H2,1H3,(H2,13,14,15);. The van der Waals surface area contributed by atoms with Gasteiger partial charge in [0.15, 0.2) is 0 Å². The van der Waals surface area contributed by atoms with E-state index in [0.717, 1.165) is 19.3 Å². The quantitative estimate of drug-likeness (QED) is 0.328. The van der Waals surface area contributed by atoms with Crippen molar-refractivity contribution < 1.29 is 18.9 Å². The minimum atomic E-state index is -4.24. The van der Waals surface area contributed by atoms with E-state index in [-0.39, 0.29) is 58.0 Å². The molecule has 0 saturated heterocycles. The molecule has 0 aromatic heterocycles. The molecule has 0 aromatic carbocycles.